The van der Waals surface area contributed by atoms with Crippen molar-refractivity contribution >= 4 is 5.97 Å². The fourth-order valence-corrected chi connectivity index (χ4v) is 2.64. The van der Waals surface area contributed by atoms with Crippen LogP contribution in [0.15, 0.2) is 12.3 Å². The SMILES string of the molecule is Cn1cc(C#N)cc1C(=O)O[C@@H]1CCCC[C@@H]1C(F)(F)F. The van der Waals surface area contributed by atoms with E-state index >= 15 is 0 Å². The molecule has 0 saturated heterocycles. The van der Waals surface area contributed by atoms with Gasteiger partial charge in [-0.2, -0.15) is 18.4 Å². The highest BCUT2D eigenvalue weighted by molar-refractivity contribution is 5.88. The van der Waals surface area contributed by atoms with Crippen LogP contribution in [0, 0.1) is 17.2 Å². The highest BCUT2D eigenvalue weighted by Gasteiger charge is 2.47. The zero-order chi connectivity index (χ0) is 15.6. The number of rotatable bonds is 2. The largest absolute Gasteiger partial charge is 0.457 e. The van der Waals surface area contributed by atoms with Crippen LogP contribution in [0.25, 0.3) is 0 Å². The van der Waals surface area contributed by atoms with E-state index in [4.69, 9.17) is 10.00 Å². The number of ether oxygens (including phenoxy) is 1. The number of hydrogen-bond acceptors (Lipinski definition) is 3. The lowest BCUT2D eigenvalue weighted by molar-refractivity contribution is -0.207. The van der Waals surface area contributed by atoms with E-state index in [1.807, 2.05) is 6.07 Å². The lowest BCUT2D eigenvalue weighted by Gasteiger charge is -2.32. The van der Waals surface area contributed by atoms with E-state index in [0.717, 1.165) is 0 Å². The summed E-state index contributed by atoms with van der Waals surface area (Å²) in [4.78, 5) is 12.0. The van der Waals surface area contributed by atoms with Gasteiger partial charge in [-0.3, -0.25) is 0 Å². The second kappa shape index (κ2) is 5.80. The van der Waals surface area contributed by atoms with Gasteiger partial charge in [-0.15, -0.1) is 0 Å². The van der Waals surface area contributed by atoms with Crippen LogP contribution in [0.5, 0.6) is 0 Å². The van der Waals surface area contributed by atoms with Crippen LogP contribution in [0.3, 0.4) is 0 Å². The van der Waals surface area contributed by atoms with Gasteiger partial charge >= 0.3 is 12.1 Å². The van der Waals surface area contributed by atoms with Crippen molar-refractivity contribution in [3.05, 3.63) is 23.5 Å². The summed E-state index contributed by atoms with van der Waals surface area (Å²) in [5.74, 6) is -2.42. The van der Waals surface area contributed by atoms with E-state index in [2.05, 4.69) is 0 Å². The Morgan fingerprint density at radius 3 is 2.67 bits per heavy atom. The predicted octanol–water partition coefficient (Wildman–Crippen LogP) is 3.17. The number of aryl methyl sites for hydroxylation is 1. The quantitative estimate of drug-likeness (QED) is 0.788. The average Bonchev–Trinajstić information content (AvgIpc) is 2.79. The molecule has 0 unspecified atom stereocenters. The molecular weight excluding hydrogens is 285 g/mol. The molecule has 1 aliphatic rings. The third kappa shape index (κ3) is 3.38. The summed E-state index contributed by atoms with van der Waals surface area (Å²) in [5, 5.41) is 8.76. The van der Waals surface area contributed by atoms with Crippen molar-refractivity contribution in [3.63, 3.8) is 0 Å². The van der Waals surface area contributed by atoms with Gasteiger partial charge in [-0.25, -0.2) is 4.79 Å². The summed E-state index contributed by atoms with van der Waals surface area (Å²) in [6.45, 7) is 0. The molecule has 0 N–H and O–H groups in total. The van der Waals surface area contributed by atoms with Crippen LogP contribution in [0.2, 0.25) is 0 Å². The molecule has 114 valence electrons. The molecule has 1 heterocycles. The van der Waals surface area contributed by atoms with Crippen LogP contribution in [0.4, 0.5) is 13.2 Å². The second-order valence-corrected chi connectivity index (χ2v) is 5.21. The number of alkyl halides is 3. The van der Waals surface area contributed by atoms with Gasteiger partial charge in [0.05, 0.1) is 11.5 Å². The Bertz CT molecular complexity index is 572. The van der Waals surface area contributed by atoms with Gasteiger partial charge in [0.15, 0.2) is 0 Å². The number of carbonyl (C=O) groups excluding carboxylic acids is 1. The Balaban J connectivity index is 2.13. The van der Waals surface area contributed by atoms with Crippen molar-refractivity contribution < 1.29 is 22.7 Å². The van der Waals surface area contributed by atoms with Crippen LogP contribution in [0.1, 0.15) is 41.7 Å². The molecule has 2 rings (SSSR count). The van der Waals surface area contributed by atoms with Crippen LogP contribution >= 0.6 is 0 Å². The molecule has 0 bridgehead atoms. The van der Waals surface area contributed by atoms with Crippen molar-refractivity contribution in [1.29, 1.82) is 5.26 Å². The first-order valence-electron chi connectivity index (χ1n) is 6.67. The Hall–Kier alpha value is -1.97. The van der Waals surface area contributed by atoms with Crippen LogP contribution in [-0.2, 0) is 11.8 Å². The molecule has 0 aliphatic heterocycles. The highest BCUT2D eigenvalue weighted by atomic mass is 19.4. The van der Waals surface area contributed by atoms with Crippen molar-refractivity contribution in [1.82, 2.24) is 4.57 Å². The number of nitriles is 1. The summed E-state index contributed by atoms with van der Waals surface area (Å²) in [6, 6.07) is 3.18. The van der Waals surface area contributed by atoms with Gasteiger partial charge in [-0.05, 0) is 25.3 Å². The predicted molar refractivity (Wildman–Crippen MR) is 67.3 cm³/mol. The molecule has 0 amide bonds. The molecule has 0 radical (unpaired) electrons. The fraction of sp³-hybridized carbons (Fsp3) is 0.571. The van der Waals surface area contributed by atoms with E-state index in [1.165, 1.54) is 16.8 Å². The molecule has 4 nitrogen and oxygen atoms in total. The molecule has 7 heteroatoms. The lowest BCUT2D eigenvalue weighted by Crippen LogP contribution is -2.39. The number of nitrogens with zero attached hydrogens (tertiary/aromatic N) is 2. The maximum absolute atomic E-state index is 12.9. The van der Waals surface area contributed by atoms with Crippen molar-refractivity contribution in [2.75, 3.05) is 0 Å². The van der Waals surface area contributed by atoms with E-state index in [0.29, 0.717) is 12.8 Å². The monoisotopic (exact) mass is 300 g/mol. The second-order valence-electron chi connectivity index (χ2n) is 5.21. The average molecular weight is 300 g/mol. The minimum Gasteiger partial charge on any atom is -0.457 e. The first-order valence-corrected chi connectivity index (χ1v) is 6.67. The summed E-state index contributed by atoms with van der Waals surface area (Å²) in [6.07, 6.45) is -2.78. The number of halogens is 3. The molecule has 1 aromatic rings. The molecule has 21 heavy (non-hydrogen) atoms. The van der Waals surface area contributed by atoms with Crippen LogP contribution in [-0.4, -0.2) is 22.8 Å². The van der Waals surface area contributed by atoms with Gasteiger partial charge in [0, 0.05) is 13.2 Å². The minimum absolute atomic E-state index is 0.0158. The Morgan fingerprint density at radius 2 is 2.10 bits per heavy atom. The Labute approximate surface area is 120 Å². The van der Waals surface area contributed by atoms with Crippen molar-refractivity contribution in [2.45, 2.75) is 38.0 Å². The first-order chi connectivity index (χ1) is 9.82. The van der Waals surface area contributed by atoms with Crippen molar-refractivity contribution in [3.8, 4) is 6.07 Å². The summed E-state index contributed by atoms with van der Waals surface area (Å²) in [5.41, 5.74) is 0.346. The molecule has 1 aliphatic carbocycles. The summed E-state index contributed by atoms with van der Waals surface area (Å²) >= 11 is 0. The Morgan fingerprint density at radius 1 is 1.43 bits per heavy atom. The molecule has 1 fully saturated rings. The third-order valence-corrected chi connectivity index (χ3v) is 3.72. The number of carbonyl (C=O) groups is 1. The molecule has 1 saturated carbocycles. The molecule has 1 aromatic heterocycles. The molecular formula is C14H15F3N2O2. The maximum Gasteiger partial charge on any atom is 0.395 e. The zero-order valence-electron chi connectivity index (χ0n) is 11.5. The third-order valence-electron chi connectivity index (χ3n) is 3.72. The van der Waals surface area contributed by atoms with Gasteiger partial charge in [-0.1, -0.05) is 6.42 Å². The van der Waals surface area contributed by atoms with Gasteiger partial charge in [0.25, 0.3) is 0 Å². The number of aromatic nitrogens is 1. The van der Waals surface area contributed by atoms with E-state index in [9.17, 15) is 18.0 Å². The first kappa shape index (κ1) is 15.4. The van der Waals surface area contributed by atoms with E-state index < -0.39 is 24.2 Å². The lowest BCUT2D eigenvalue weighted by atomic mass is 9.86. The van der Waals surface area contributed by atoms with Gasteiger partial charge in [0.1, 0.15) is 17.9 Å². The van der Waals surface area contributed by atoms with Crippen LogP contribution < -0.4 is 0 Å². The molecule has 0 spiro atoms. The Kier molecular flexibility index (Phi) is 4.26. The smallest absolute Gasteiger partial charge is 0.395 e. The highest BCUT2D eigenvalue weighted by Crippen LogP contribution is 2.39. The van der Waals surface area contributed by atoms with Gasteiger partial charge < -0.3 is 9.30 Å². The maximum atomic E-state index is 12.9. The number of esters is 1. The zero-order valence-corrected chi connectivity index (χ0v) is 11.5. The van der Waals surface area contributed by atoms with E-state index in [-0.39, 0.29) is 24.1 Å². The topological polar surface area (TPSA) is 55.0 Å². The summed E-state index contributed by atoms with van der Waals surface area (Å²) in [7, 11) is 1.54. The van der Waals surface area contributed by atoms with Gasteiger partial charge in [0.2, 0.25) is 0 Å². The molecule has 2 atom stereocenters. The van der Waals surface area contributed by atoms with E-state index in [1.54, 1.807) is 7.05 Å². The summed E-state index contributed by atoms with van der Waals surface area (Å²) < 4.78 is 45.3. The molecule has 0 aromatic carbocycles. The fourth-order valence-electron chi connectivity index (χ4n) is 2.64. The van der Waals surface area contributed by atoms with Crippen molar-refractivity contribution in [2.24, 2.45) is 13.0 Å². The standard InChI is InChI=1S/C14H15F3N2O2/c1-19-8-9(7-18)6-11(19)13(20)21-12-5-3-2-4-10(12)14(15,16)17/h6,8,10,12H,2-5H2,1H3/t10-,12+/m0/s1. The minimum atomic E-state index is -4.36. The normalized spacial score (nSPS) is 22.6. The number of hydrogen-bond donors (Lipinski definition) is 0.